The Morgan fingerprint density at radius 2 is 2.17 bits per heavy atom. The highest BCUT2D eigenvalue weighted by atomic mass is 16.5. The van der Waals surface area contributed by atoms with Crippen molar-refractivity contribution in [2.45, 2.75) is 71.0 Å². The van der Waals surface area contributed by atoms with Crippen molar-refractivity contribution in [2.75, 3.05) is 13.1 Å². The van der Waals surface area contributed by atoms with Gasteiger partial charge in [-0.3, -0.25) is 10.2 Å². The molecule has 1 aromatic heterocycles. The number of guanidine groups is 1. The fourth-order valence-corrected chi connectivity index (χ4v) is 3.48. The van der Waals surface area contributed by atoms with Gasteiger partial charge in [-0.15, -0.1) is 0 Å². The highest BCUT2D eigenvalue weighted by Gasteiger charge is 2.34. The molecule has 0 radical (unpaired) electrons. The van der Waals surface area contributed by atoms with Crippen molar-refractivity contribution in [3.8, 4) is 0 Å². The monoisotopic (exact) mass is 422 g/mol. The number of carbonyl (C=O) groups excluding carboxylic acids is 2. The standard InChI is InChI=1S/C19H34N8O3/c1-4-11(2)15(20)16-25-17(30-26-16)13(7-5-9-23-18(21)22)24-19(29)27-10-6-8-14(27)12(3)28/h11,13-15H,4-10,20H2,1-3H3,(H,24,29)(H4,21,22,23)/t11?,13-,14?,15-/m0/s1. The fourth-order valence-electron chi connectivity index (χ4n) is 3.48. The molecule has 1 saturated heterocycles. The van der Waals surface area contributed by atoms with E-state index in [2.05, 4.69) is 20.8 Å². The normalized spacial score (nSPS) is 19.2. The second-order valence-electron chi connectivity index (χ2n) is 7.85. The molecule has 168 valence electrons. The minimum Gasteiger partial charge on any atom is -0.370 e. The molecule has 0 aliphatic carbocycles. The third-order valence-electron chi connectivity index (χ3n) is 5.58. The molecule has 2 unspecified atom stereocenters. The molecule has 1 aliphatic rings. The van der Waals surface area contributed by atoms with E-state index in [-0.39, 0.29) is 35.6 Å². The summed E-state index contributed by atoms with van der Waals surface area (Å²) >= 11 is 0. The van der Waals surface area contributed by atoms with Gasteiger partial charge in [0, 0.05) is 13.1 Å². The van der Waals surface area contributed by atoms with Crippen LogP contribution in [0.1, 0.15) is 76.7 Å². The van der Waals surface area contributed by atoms with Gasteiger partial charge in [0.2, 0.25) is 5.89 Å². The number of aromatic nitrogens is 2. The first-order chi connectivity index (χ1) is 14.2. The molecule has 2 amide bonds. The van der Waals surface area contributed by atoms with Crippen molar-refractivity contribution in [1.29, 1.82) is 5.41 Å². The molecule has 4 atom stereocenters. The Labute approximate surface area is 176 Å². The average molecular weight is 423 g/mol. The van der Waals surface area contributed by atoms with Crippen molar-refractivity contribution in [3.05, 3.63) is 11.7 Å². The van der Waals surface area contributed by atoms with Gasteiger partial charge in [0.1, 0.15) is 6.04 Å². The molecular weight excluding hydrogens is 388 g/mol. The second kappa shape index (κ2) is 10.9. The molecule has 2 heterocycles. The summed E-state index contributed by atoms with van der Waals surface area (Å²) in [5.41, 5.74) is 11.5. The van der Waals surface area contributed by atoms with E-state index in [4.69, 9.17) is 21.4 Å². The summed E-state index contributed by atoms with van der Waals surface area (Å²) in [7, 11) is 0. The van der Waals surface area contributed by atoms with Crippen molar-refractivity contribution in [2.24, 2.45) is 17.4 Å². The lowest BCUT2D eigenvalue weighted by Crippen LogP contribution is -2.46. The van der Waals surface area contributed by atoms with Crippen LogP contribution in [0.3, 0.4) is 0 Å². The van der Waals surface area contributed by atoms with Crippen LogP contribution >= 0.6 is 0 Å². The lowest BCUT2D eigenvalue weighted by atomic mass is 10.00. The number of nitrogens with one attached hydrogen (secondary N) is 3. The summed E-state index contributed by atoms with van der Waals surface area (Å²) in [5.74, 6) is 0.729. The lowest BCUT2D eigenvalue weighted by Gasteiger charge is -2.25. The van der Waals surface area contributed by atoms with E-state index >= 15 is 0 Å². The Hall–Kier alpha value is -2.69. The van der Waals surface area contributed by atoms with Crippen LogP contribution in [0.25, 0.3) is 0 Å². The molecule has 11 heteroatoms. The van der Waals surface area contributed by atoms with Gasteiger partial charge in [-0.1, -0.05) is 25.4 Å². The Balaban J connectivity index is 2.12. The van der Waals surface area contributed by atoms with Crippen molar-refractivity contribution in [3.63, 3.8) is 0 Å². The van der Waals surface area contributed by atoms with E-state index < -0.39 is 12.1 Å². The topological polar surface area (TPSA) is 176 Å². The van der Waals surface area contributed by atoms with E-state index in [1.54, 1.807) is 4.90 Å². The summed E-state index contributed by atoms with van der Waals surface area (Å²) in [6, 6.07) is -1.63. The van der Waals surface area contributed by atoms with E-state index in [9.17, 15) is 9.59 Å². The first-order valence-corrected chi connectivity index (χ1v) is 10.5. The number of rotatable bonds is 10. The van der Waals surface area contributed by atoms with Gasteiger partial charge in [-0.25, -0.2) is 4.79 Å². The minimum absolute atomic E-state index is 0.0236. The smallest absolute Gasteiger partial charge is 0.318 e. The number of hydrogen-bond acceptors (Lipinski definition) is 7. The zero-order valence-corrected chi connectivity index (χ0v) is 18.0. The van der Waals surface area contributed by atoms with Crippen LogP contribution < -0.4 is 22.1 Å². The van der Waals surface area contributed by atoms with Gasteiger partial charge in [0.05, 0.1) is 12.1 Å². The zero-order chi connectivity index (χ0) is 22.3. The molecule has 30 heavy (non-hydrogen) atoms. The van der Waals surface area contributed by atoms with Gasteiger partial charge >= 0.3 is 6.03 Å². The van der Waals surface area contributed by atoms with Gasteiger partial charge in [0.25, 0.3) is 0 Å². The number of nitrogens with two attached hydrogens (primary N) is 2. The quantitative estimate of drug-likeness (QED) is 0.212. The molecule has 1 aliphatic heterocycles. The van der Waals surface area contributed by atoms with Gasteiger partial charge < -0.3 is 31.5 Å². The Kier molecular flexibility index (Phi) is 8.58. The van der Waals surface area contributed by atoms with Crippen molar-refractivity contribution in [1.82, 2.24) is 25.7 Å². The largest absolute Gasteiger partial charge is 0.370 e. The molecule has 0 aromatic carbocycles. The summed E-state index contributed by atoms with van der Waals surface area (Å²) in [6.07, 6.45) is 3.44. The van der Waals surface area contributed by atoms with Crippen LogP contribution in [0.15, 0.2) is 4.52 Å². The molecule has 0 bridgehead atoms. The maximum Gasteiger partial charge on any atom is 0.318 e. The number of Topliss-reactive ketones (excluding diaryl/α,β-unsaturated/α-hetero) is 1. The summed E-state index contributed by atoms with van der Waals surface area (Å²) < 4.78 is 5.43. The summed E-state index contributed by atoms with van der Waals surface area (Å²) in [4.78, 5) is 30.7. The highest BCUT2D eigenvalue weighted by molar-refractivity contribution is 5.87. The Morgan fingerprint density at radius 3 is 2.80 bits per heavy atom. The molecule has 11 nitrogen and oxygen atoms in total. The second-order valence-corrected chi connectivity index (χ2v) is 7.85. The van der Waals surface area contributed by atoms with Crippen molar-refractivity contribution < 1.29 is 14.1 Å². The molecule has 1 fully saturated rings. The first-order valence-electron chi connectivity index (χ1n) is 10.5. The number of urea groups is 1. The van der Waals surface area contributed by atoms with E-state index in [0.29, 0.717) is 38.2 Å². The van der Waals surface area contributed by atoms with Crippen molar-refractivity contribution >= 4 is 17.8 Å². The van der Waals surface area contributed by atoms with E-state index in [1.807, 2.05) is 13.8 Å². The van der Waals surface area contributed by atoms with Gasteiger partial charge in [0.15, 0.2) is 17.6 Å². The van der Waals surface area contributed by atoms with Crippen LogP contribution in [0.4, 0.5) is 4.79 Å². The van der Waals surface area contributed by atoms with Crippen LogP contribution in [0, 0.1) is 11.3 Å². The lowest BCUT2D eigenvalue weighted by molar-refractivity contribution is -0.120. The van der Waals surface area contributed by atoms with Crippen LogP contribution in [-0.2, 0) is 4.79 Å². The molecule has 0 saturated carbocycles. The maximum absolute atomic E-state index is 12.9. The Bertz CT molecular complexity index is 737. The molecule has 0 spiro atoms. The van der Waals surface area contributed by atoms with Crippen LogP contribution in [0.5, 0.6) is 0 Å². The number of likely N-dealkylation sites (tertiary alicyclic amines) is 1. The number of carbonyl (C=O) groups is 2. The third-order valence-corrected chi connectivity index (χ3v) is 5.58. The fraction of sp³-hybridized carbons (Fsp3) is 0.737. The van der Waals surface area contributed by atoms with E-state index in [0.717, 1.165) is 12.8 Å². The number of amides is 2. The molecule has 7 N–H and O–H groups in total. The minimum atomic E-state index is -0.537. The predicted molar refractivity (Wildman–Crippen MR) is 112 cm³/mol. The first kappa shape index (κ1) is 23.6. The van der Waals surface area contributed by atoms with E-state index in [1.165, 1.54) is 6.92 Å². The predicted octanol–water partition coefficient (Wildman–Crippen LogP) is 1.18. The van der Waals surface area contributed by atoms with Crippen LogP contribution in [-0.4, -0.2) is 51.9 Å². The van der Waals surface area contributed by atoms with Gasteiger partial charge in [-0.2, -0.15) is 4.98 Å². The number of ketones is 1. The van der Waals surface area contributed by atoms with Gasteiger partial charge in [-0.05, 0) is 38.5 Å². The number of nitrogens with zero attached hydrogens (tertiary/aromatic N) is 3. The average Bonchev–Trinajstić information content (AvgIpc) is 3.38. The SMILES string of the molecule is CCC(C)[C@H](N)c1noc([C@H](CCCNC(=N)N)NC(=O)N2CCCC2C(C)=O)n1. The highest BCUT2D eigenvalue weighted by Crippen LogP contribution is 2.24. The summed E-state index contributed by atoms with van der Waals surface area (Å²) in [5, 5.41) is 16.9. The molecular formula is C19H34N8O3. The zero-order valence-electron chi connectivity index (χ0n) is 18.0. The molecule has 1 aromatic rings. The maximum atomic E-state index is 12.9. The Morgan fingerprint density at radius 1 is 1.43 bits per heavy atom. The summed E-state index contributed by atoms with van der Waals surface area (Å²) in [6.45, 7) is 6.56. The van der Waals surface area contributed by atoms with Crippen LogP contribution in [0.2, 0.25) is 0 Å². The molecule has 2 rings (SSSR count). The number of hydrogen-bond donors (Lipinski definition) is 5. The third kappa shape index (κ3) is 6.15.